The average Bonchev–Trinajstić information content (AvgIpc) is 3.58. The summed E-state index contributed by atoms with van der Waals surface area (Å²) in [5.74, 6) is -1.02. The number of H-pyrrole nitrogens is 1. The number of carbonyl (C=O) groups is 2. The second-order valence-corrected chi connectivity index (χ2v) is 8.30. The molecule has 0 radical (unpaired) electrons. The lowest BCUT2D eigenvalue weighted by atomic mass is 10.1. The number of rotatable bonds is 8. The third kappa shape index (κ3) is 6.05. The molecule has 8 nitrogen and oxygen atoms in total. The van der Waals surface area contributed by atoms with Gasteiger partial charge in [-0.15, -0.1) is 0 Å². The van der Waals surface area contributed by atoms with Gasteiger partial charge < -0.3 is 15.1 Å². The van der Waals surface area contributed by atoms with E-state index in [1.165, 1.54) is 18.3 Å². The number of anilines is 1. The summed E-state index contributed by atoms with van der Waals surface area (Å²) in [6.07, 6.45) is -1.69. The van der Waals surface area contributed by atoms with Crippen molar-refractivity contribution in [2.45, 2.75) is 38.9 Å². The van der Waals surface area contributed by atoms with Gasteiger partial charge in [-0.05, 0) is 49.2 Å². The number of halogens is 3. The van der Waals surface area contributed by atoms with E-state index in [1.54, 1.807) is 30.3 Å². The van der Waals surface area contributed by atoms with Crippen molar-refractivity contribution in [3.8, 4) is 22.7 Å². The Morgan fingerprint density at radius 3 is 2.46 bits per heavy atom. The van der Waals surface area contributed by atoms with Gasteiger partial charge in [-0.1, -0.05) is 32.0 Å². The smallest absolute Gasteiger partial charge is 0.416 e. The standard InChI is InChI=1S/C26H24F3N5O3/c1-3-18(4-2)31-23(35)21-13-20(33-34-21)15-7-5-8-16(11-15)25-30-14-22(37-25)24(36)32-19-10-6-9-17(12-19)26(27,28)29/h5-14,18H,3-4H2,1-2H3,(H,31,35)(H,32,36)(H,33,34). The second kappa shape index (κ2) is 10.7. The highest BCUT2D eigenvalue weighted by molar-refractivity contribution is 6.02. The Kier molecular flexibility index (Phi) is 7.42. The molecule has 0 aliphatic heterocycles. The summed E-state index contributed by atoms with van der Waals surface area (Å²) in [4.78, 5) is 29.1. The summed E-state index contributed by atoms with van der Waals surface area (Å²) in [5.41, 5.74) is 1.19. The van der Waals surface area contributed by atoms with Crippen molar-refractivity contribution in [2.75, 3.05) is 5.32 Å². The molecule has 11 heteroatoms. The van der Waals surface area contributed by atoms with Gasteiger partial charge in [-0.3, -0.25) is 14.7 Å². The fourth-order valence-corrected chi connectivity index (χ4v) is 3.63. The summed E-state index contributed by atoms with van der Waals surface area (Å²) in [7, 11) is 0. The average molecular weight is 512 g/mol. The van der Waals surface area contributed by atoms with E-state index < -0.39 is 17.6 Å². The van der Waals surface area contributed by atoms with Crippen molar-refractivity contribution in [1.82, 2.24) is 20.5 Å². The van der Waals surface area contributed by atoms with Gasteiger partial charge in [0.15, 0.2) is 0 Å². The van der Waals surface area contributed by atoms with E-state index in [2.05, 4.69) is 25.8 Å². The highest BCUT2D eigenvalue weighted by Gasteiger charge is 2.30. The second-order valence-electron chi connectivity index (χ2n) is 8.30. The van der Waals surface area contributed by atoms with E-state index in [4.69, 9.17) is 4.42 Å². The SMILES string of the molecule is CCC(CC)NC(=O)c1cc(-c2cccc(-c3ncc(C(=O)Nc4cccc(C(F)(F)F)c4)o3)c2)n[nH]1. The van der Waals surface area contributed by atoms with Gasteiger partial charge in [0.25, 0.3) is 11.8 Å². The Morgan fingerprint density at radius 1 is 1.00 bits per heavy atom. The number of hydrogen-bond donors (Lipinski definition) is 3. The summed E-state index contributed by atoms with van der Waals surface area (Å²) < 4.78 is 44.3. The number of amides is 2. The van der Waals surface area contributed by atoms with E-state index in [9.17, 15) is 22.8 Å². The molecule has 0 saturated carbocycles. The lowest BCUT2D eigenvalue weighted by Crippen LogP contribution is -2.33. The largest absolute Gasteiger partial charge is 0.431 e. The zero-order valence-electron chi connectivity index (χ0n) is 20.0. The molecule has 3 N–H and O–H groups in total. The minimum Gasteiger partial charge on any atom is -0.431 e. The molecule has 0 fully saturated rings. The lowest BCUT2D eigenvalue weighted by Gasteiger charge is -2.13. The van der Waals surface area contributed by atoms with Crippen LogP contribution in [0.2, 0.25) is 0 Å². The van der Waals surface area contributed by atoms with Crippen LogP contribution in [0.1, 0.15) is 53.3 Å². The van der Waals surface area contributed by atoms with Crippen LogP contribution in [0.25, 0.3) is 22.7 Å². The summed E-state index contributed by atoms with van der Waals surface area (Å²) in [6, 6.07) is 13.0. The fourth-order valence-electron chi connectivity index (χ4n) is 3.63. The van der Waals surface area contributed by atoms with E-state index in [-0.39, 0.29) is 29.3 Å². The minimum absolute atomic E-state index is 0.0256. The van der Waals surface area contributed by atoms with Crippen molar-refractivity contribution < 1.29 is 27.2 Å². The molecule has 4 rings (SSSR count). The van der Waals surface area contributed by atoms with Crippen LogP contribution >= 0.6 is 0 Å². The quantitative estimate of drug-likeness (QED) is 0.272. The zero-order valence-corrected chi connectivity index (χ0v) is 20.0. The van der Waals surface area contributed by atoms with Gasteiger partial charge in [-0.25, -0.2) is 4.98 Å². The third-order valence-corrected chi connectivity index (χ3v) is 5.73. The van der Waals surface area contributed by atoms with E-state index in [0.717, 1.165) is 25.0 Å². The van der Waals surface area contributed by atoms with Crippen LogP contribution < -0.4 is 10.6 Å². The van der Waals surface area contributed by atoms with Crippen molar-refractivity contribution >= 4 is 17.5 Å². The summed E-state index contributed by atoms with van der Waals surface area (Å²) in [5, 5.41) is 12.3. The first kappa shape index (κ1) is 25.7. The van der Waals surface area contributed by atoms with Crippen LogP contribution in [-0.2, 0) is 6.18 Å². The molecule has 37 heavy (non-hydrogen) atoms. The molecule has 0 atom stereocenters. The monoisotopic (exact) mass is 511 g/mol. The van der Waals surface area contributed by atoms with Crippen LogP contribution in [0, 0.1) is 0 Å². The molecule has 0 unspecified atom stereocenters. The van der Waals surface area contributed by atoms with Crippen molar-refractivity contribution in [1.29, 1.82) is 0 Å². The van der Waals surface area contributed by atoms with Crippen LogP contribution in [0.4, 0.5) is 18.9 Å². The number of aromatic amines is 1. The number of oxazole rings is 1. The predicted molar refractivity (Wildman–Crippen MR) is 131 cm³/mol. The van der Waals surface area contributed by atoms with Gasteiger partial charge in [0.2, 0.25) is 11.7 Å². The Bertz CT molecular complexity index is 1410. The normalized spacial score (nSPS) is 11.5. The highest BCUT2D eigenvalue weighted by atomic mass is 19.4. The lowest BCUT2D eigenvalue weighted by molar-refractivity contribution is -0.137. The number of alkyl halides is 3. The first-order valence-corrected chi connectivity index (χ1v) is 11.6. The minimum atomic E-state index is -4.53. The van der Waals surface area contributed by atoms with Gasteiger partial charge >= 0.3 is 6.18 Å². The van der Waals surface area contributed by atoms with Crippen molar-refractivity contribution in [3.63, 3.8) is 0 Å². The van der Waals surface area contributed by atoms with Crippen LogP contribution in [0.15, 0.2) is 65.2 Å². The first-order chi connectivity index (χ1) is 17.7. The van der Waals surface area contributed by atoms with Crippen LogP contribution in [0.5, 0.6) is 0 Å². The molecule has 0 aliphatic rings. The van der Waals surface area contributed by atoms with E-state index in [0.29, 0.717) is 22.5 Å². The topological polar surface area (TPSA) is 113 Å². The number of nitrogens with zero attached hydrogens (tertiary/aromatic N) is 2. The molecular weight excluding hydrogens is 487 g/mol. The number of hydrogen-bond acceptors (Lipinski definition) is 5. The molecule has 4 aromatic rings. The Labute approximate surface area is 210 Å². The Morgan fingerprint density at radius 2 is 1.73 bits per heavy atom. The summed E-state index contributed by atoms with van der Waals surface area (Å²) >= 11 is 0. The molecule has 2 aromatic carbocycles. The van der Waals surface area contributed by atoms with E-state index in [1.807, 2.05) is 13.8 Å². The Balaban J connectivity index is 1.48. The molecule has 2 heterocycles. The molecule has 0 bridgehead atoms. The van der Waals surface area contributed by atoms with E-state index >= 15 is 0 Å². The molecule has 2 amide bonds. The zero-order chi connectivity index (χ0) is 26.6. The molecule has 2 aromatic heterocycles. The van der Waals surface area contributed by atoms with Gasteiger partial charge in [0, 0.05) is 22.9 Å². The predicted octanol–water partition coefficient (Wildman–Crippen LogP) is 5.92. The number of carbonyl (C=O) groups excluding carboxylic acids is 2. The number of nitrogens with one attached hydrogen (secondary N) is 3. The first-order valence-electron chi connectivity index (χ1n) is 11.6. The summed E-state index contributed by atoms with van der Waals surface area (Å²) in [6.45, 7) is 4.00. The molecular formula is C26H24F3N5O3. The number of benzene rings is 2. The van der Waals surface area contributed by atoms with Gasteiger partial charge in [-0.2, -0.15) is 18.3 Å². The maximum Gasteiger partial charge on any atom is 0.416 e. The fraction of sp³-hybridized carbons (Fsp3) is 0.231. The Hall–Kier alpha value is -4.41. The molecule has 192 valence electrons. The van der Waals surface area contributed by atoms with Gasteiger partial charge in [0.1, 0.15) is 5.69 Å². The third-order valence-electron chi connectivity index (χ3n) is 5.73. The highest BCUT2D eigenvalue weighted by Crippen LogP contribution is 2.31. The van der Waals surface area contributed by atoms with Crippen LogP contribution in [0.3, 0.4) is 0 Å². The molecule has 0 spiro atoms. The van der Waals surface area contributed by atoms with Gasteiger partial charge in [0.05, 0.1) is 17.5 Å². The number of aromatic nitrogens is 3. The van der Waals surface area contributed by atoms with Crippen molar-refractivity contribution in [2.24, 2.45) is 0 Å². The molecule has 0 saturated heterocycles. The van der Waals surface area contributed by atoms with Crippen LogP contribution in [-0.4, -0.2) is 33.0 Å². The van der Waals surface area contributed by atoms with Crippen molar-refractivity contribution in [3.05, 3.63) is 77.8 Å². The molecule has 0 aliphatic carbocycles. The maximum absolute atomic E-state index is 12.9. The maximum atomic E-state index is 12.9.